The van der Waals surface area contributed by atoms with Crippen molar-refractivity contribution in [2.45, 2.75) is 19.9 Å². The third-order valence-electron chi connectivity index (χ3n) is 5.29. The summed E-state index contributed by atoms with van der Waals surface area (Å²) >= 11 is 0. The van der Waals surface area contributed by atoms with Gasteiger partial charge in [0.15, 0.2) is 17.3 Å². The number of methoxy groups -OCH3 is 2. The van der Waals surface area contributed by atoms with Crippen LogP contribution >= 0.6 is 0 Å². The van der Waals surface area contributed by atoms with Gasteiger partial charge in [-0.25, -0.2) is 4.79 Å². The molecule has 0 fully saturated rings. The molecule has 30 heavy (non-hydrogen) atoms. The zero-order chi connectivity index (χ0) is 21.3. The van der Waals surface area contributed by atoms with E-state index in [1.54, 1.807) is 20.3 Å². The molecule has 0 unspecified atom stereocenters. The van der Waals surface area contributed by atoms with Crippen LogP contribution in [0.4, 0.5) is 0 Å². The Morgan fingerprint density at radius 2 is 1.90 bits per heavy atom. The number of ether oxygens (including phenoxy) is 3. The van der Waals surface area contributed by atoms with Crippen molar-refractivity contribution in [2.75, 3.05) is 27.5 Å². The van der Waals surface area contributed by atoms with E-state index >= 15 is 0 Å². The normalized spacial score (nSPS) is 13.6. The lowest BCUT2D eigenvalue weighted by molar-refractivity contribution is 0.0967. The number of fused-ring (bicyclic) bond motifs is 3. The summed E-state index contributed by atoms with van der Waals surface area (Å²) in [6.07, 6.45) is 0.794. The molecule has 0 atom stereocenters. The quantitative estimate of drug-likeness (QED) is 0.456. The maximum absolute atomic E-state index is 12.2. The highest BCUT2D eigenvalue weighted by Gasteiger charge is 2.22. The van der Waals surface area contributed by atoms with Crippen LogP contribution in [0, 0.1) is 0 Å². The Morgan fingerprint density at radius 3 is 2.63 bits per heavy atom. The van der Waals surface area contributed by atoms with Crippen LogP contribution in [0.5, 0.6) is 17.2 Å². The molecule has 1 aliphatic rings. The molecule has 1 aliphatic heterocycles. The molecule has 4 rings (SSSR count). The van der Waals surface area contributed by atoms with Crippen LogP contribution in [-0.2, 0) is 13.0 Å². The van der Waals surface area contributed by atoms with Crippen molar-refractivity contribution in [3.8, 4) is 17.2 Å². The predicted molar refractivity (Wildman–Crippen MR) is 112 cm³/mol. The van der Waals surface area contributed by atoms with Gasteiger partial charge in [-0.1, -0.05) is 6.07 Å². The minimum Gasteiger partial charge on any atom is -0.493 e. The summed E-state index contributed by atoms with van der Waals surface area (Å²) < 4.78 is 22.0. The third-order valence-corrected chi connectivity index (χ3v) is 5.29. The largest absolute Gasteiger partial charge is 0.493 e. The minimum absolute atomic E-state index is 0.0597. The van der Waals surface area contributed by atoms with E-state index in [1.165, 1.54) is 6.92 Å². The monoisotopic (exact) mass is 409 g/mol. The topological polar surface area (TPSA) is 78.2 Å². The Balaban J connectivity index is 1.55. The minimum atomic E-state index is -0.620. The highest BCUT2D eigenvalue weighted by atomic mass is 16.5. The van der Waals surface area contributed by atoms with Crippen LogP contribution in [-0.4, -0.2) is 38.2 Å². The molecule has 156 valence electrons. The van der Waals surface area contributed by atoms with Crippen molar-refractivity contribution >= 4 is 16.8 Å². The fourth-order valence-electron chi connectivity index (χ4n) is 3.65. The summed E-state index contributed by atoms with van der Waals surface area (Å²) in [5, 5.41) is 0.712. The second-order valence-corrected chi connectivity index (χ2v) is 7.23. The molecular formula is C23H23NO6. The first-order chi connectivity index (χ1) is 14.5. The van der Waals surface area contributed by atoms with Crippen molar-refractivity contribution in [1.82, 2.24) is 4.90 Å². The SMILES string of the molecule is COc1ccc(CCN2COc3ccc4cc(C(C)=O)c(=O)oc4c3C2)cc1OC. The van der Waals surface area contributed by atoms with Crippen molar-refractivity contribution < 1.29 is 23.4 Å². The fraction of sp³-hybridized carbons (Fsp3) is 0.304. The molecule has 0 N–H and O–H groups in total. The number of rotatable bonds is 6. The molecular weight excluding hydrogens is 386 g/mol. The van der Waals surface area contributed by atoms with E-state index in [-0.39, 0.29) is 11.3 Å². The van der Waals surface area contributed by atoms with Crippen molar-refractivity contribution in [3.05, 3.63) is 63.5 Å². The van der Waals surface area contributed by atoms with E-state index in [0.717, 1.165) is 24.1 Å². The van der Waals surface area contributed by atoms with Crippen LogP contribution in [0.3, 0.4) is 0 Å². The average Bonchev–Trinajstić information content (AvgIpc) is 2.76. The van der Waals surface area contributed by atoms with Crippen LogP contribution in [0.25, 0.3) is 11.0 Å². The van der Waals surface area contributed by atoms with E-state index in [4.69, 9.17) is 18.6 Å². The highest BCUT2D eigenvalue weighted by molar-refractivity contribution is 5.97. The lowest BCUT2D eigenvalue weighted by Gasteiger charge is -2.29. The lowest BCUT2D eigenvalue weighted by atomic mass is 10.1. The van der Waals surface area contributed by atoms with Gasteiger partial charge < -0.3 is 18.6 Å². The Hall–Kier alpha value is -3.32. The van der Waals surface area contributed by atoms with E-state index in [1.807, 2.05) is 30.3 Å². The molecule has 1 aromatic heterocycles. The summed E-state index contributed by atoms with van der Waals surface area (Å²) in [6, 6.07) is 11.1. The number of ketones is 1. The van der Waals surface area contributed by atoms with E-state index in [0.29, 0.717) is 41.5 Å². The fourth-order valence-corrected chi connectivity index (χ4v) is 3.65. The van der Waals surface area contributed by atoms with Gasteiger partial charge in [-0.05, 0) is 49.2 Å². The lowest BCUT2D eigenvalue weighted by Crippen LogP contribution is -2.33. The number of benzene rings is 2. The number of Topliss-reactive ketones (excluding diaryl/α,β-unsaturated/α-hetero) is 1. The van der Waals surface area contributed by atoms with Crippen LogP contribution < -0.4 is 19.8 Å². The molecule has 0 saturated carbocycles. The van der Waals surface area contributed by atoms with Crippen LogP contribution in [0.2, 0.25) is 0 Å². The first kappa shape index (κ1) is 20.0. The maximum Gasteiger partial charge on any atom is 0.347 e. The number of carbonyl (C=O) groups excluding carboxylic acids is 1. The second kappa shape index (κ2) is 8.20. The molecule has 0 spiro atoms. The first-order valence-electron chi connectivity index (χ1n) is 9.67. The second-order valence-electron chi connectivity index (χ2n) is 7.23. The average molecular weight is 409 g/mol. The zero-order valence-corrected chi connectivity index (χ0v) is 17.2. The van der Waals surface area contributed by atoms with Crippen molar-refractivity contribution in [3.63, 3.8) is 0 Å². The van der Waals surface area contributed by atoms with Gasteiger partial charge in [0.2, 0.25) is 0 Å². The molecule has 7 heteroatoms. The zero-order valence-electron chi connectivity index (χ0n) is 17.2. The van der Waals surface area contributed by atoms with E-state index < -0.39 is 5.63 Å². The van der Waals surface area contributed by atoms with Gasteiger partial charge in [-0.3, -0.25) is 9.69 Å². The van der Waals surface area contributed by atoms with Gasteiger partial charge in [0, 0.05) is 18.5 Å². The number of carbonyl (C=O) groups is 1. The summed E-state index contributed by atoms with van der Waals surface area (Å²) in [5.74, 6) is 1.78. The Labute approximate surface area is 173 Å². The van der Waals surface area contributed by atoms with Gasteiger partial charge >= 0.3 is 5.63 Å². The number of hydrogen-bond acceptors (Lipinski definition) is 7. The first-order valence-corrected chi connectivity index (χ1v) is 9.67. The molecule has 2 aromatic carbocycles. The summed E-state index contributed by atoms with van der Waals surface area (Å²) in [5.41, 5.74) is 1.85. The van der Waals surface area contributed by atoms with Crippen LogP contribution in [0.1, 0.15) is 28.4 Å². The van der Waals surface area contributed by atoms with Crippen molar-refractivity contribution in [2.24, 2.45) is 0 Å². The molecule has 2 heterocycles. The van der Waals surface area contributed by atoms with Crippen molar-refractivity contribution in [1.29, 1.82) is 0 Å². The summed E-state index contributed by atoms with van der Waals surface area (Å²) in [6.45, 7) is 3.14. The Bertz CT molecular complexity index is 1170. The molecule has 7 nitrogen and oxygen atoms in total. The Kier molecular flexibility index (Phi) is 5.46. The summed E-state index contributed by atoms with van der Waals surface area (Å²) in [7, 11) is 3.23. The van der Waals surface area contributed by atoms with E-state index in [2.05, 4.69) is 4.90 Å². The number of hydrogen-bond donors (Lipinski definition) is 0. The van der Waals surface area contributed by atoms with Gasteiger partial charge in [0.1, 0.15) is 23.6 Å². The molecule has 3 aromatic rings. The molecule has 0 bridgehead atoms. The van der Waals surface area contributed by atoms with Gasteiger partial charge in [-0.15, -0.1) is 0 Å². The predicted octanol–water partition coefficient (Wildman–Crippen LogP) is 3.41. The summed E-state index contributed by atoms with van der Waals surface area (Å²) in [4.78, 5) is 26.0. The van der Waals surface area contributed by atoms with Gasteiger partial charge in [-0.2, -0.15) is 0 Å². The molecule has 0 amide bonds. The van der Waals surface area contributed by atoms with Crippen LogP contribution in [0.15, 0.2) is 45.6 Å². The Morgan fingerprint density at radius 1 is 1.10 bits per heavy atom. The molecule has 0 saturated heterocycles. The maximum atomic E-state index is 12.2. The molecule has 0 aliphatic carbocycles. The van der Waals surface area contributed by atoms with Gasteiger partial charge in [0.05, 0.1) is 19.8 Å². The molecule has 0 radical (unpaired) electrons. The standard InChI is InChI=1S/C23H23NO6/c1-14(25)17-11-16-5-7-19-18(22(16)30-23(17)26)12-24(13-29-19)9-8-15-4-6-20(27-2)21(10-15)28-3/h4-7,10-11H,8-9,12-13H2,1-3H3. The highest BCUT2D eigenvalue weighted by Crippen LogP contribution is 2.32. The number of nitrogens with zero attached hydrogens (tertiary/aromatic N) is 1. The van der Waals surface area contributed by atoms with Gasteiger partial charge in [0.25, 0.3) is 0 Å². The van der Waals surface area contributed by atoms with E-state index in [9.17, 15) is 9.59 Å². The smallest absolute Gasteiger partial charge is 0.347 e. The third kappa shape index (κ3) is 3.76.